The molecule has 0 aliphatic rings. The van der Waals surface area contributed by atoms with Gasteiger partial charge in [-0.15, -0.1) is 0 Å². The van der Waals surface area contributed by atoms with Crippen LogP contribution in [-0.2, 0) is 0 Å². The fraction of sp³-hybridized carbons (Fsp3) is 0.250. The molecular weight excluding hydrogens is 272 g/mol. The molecule has 0 saturated carbocycles. The van der Waals surface area contributed by atoms with E-state index in [0.717, 1.165) is 17.7 Å². The molecule has 2 rings (SSSR count). The SMILES string of the molecule is Cc1cccc(OCCC(NN)c2ccccc2Cl)c1. The summed E-state index contributed by atoms with van der Waals surface area (Å²) in [6, 6.07) is 15.7. The molecule has 0 aliphatic carbocycles. The molecule has 20 heavy (non-hydrogen) atoms. The van der Waals surface area contributed by atoms with E-state index in [1.807, 2.05) is 55.5 Å². The van der Waals surface area contributed by atoms with Gasteiger partial charge in [-0.25, -0.2) is 0 Å². The predicted octanol–water partition coefficient (Wildman–Crippen LogP) is 3.62. The van der Waals surface area contributed by atoms with Gasteiger partial charge in [0.25, 0.3) is 0 Å². The average molecular weight is 291 g/mol. The van der Waals surface area contributed by atoms with E-state index in [2.05, 4.69) is 5.43 Å². The van der Waals surface area contributed by atoms with Gasteiger partial charge < -0.3 is 4.74 Å². The van der Waals surface area contributed by atoms with Gasteiger partial charge >= 0.3 is 0 Å². The van der Waals surface area contributed by atoms with Crippen LogP contribution in [0.5, 0.6) is 5.75 Å². The summed E-state index contributed by atoms with van der Waals surface area (Å²) in [5.41, 5.74) is 4.97. The Labute approximate surface area is 124 Å². The number of hydrazine groups is 1. The monoisotopic (exact) mass is 290 g/mol. The zero-order valence-corrected chi connectivity index (χ0v) is 12.2. The highest BCUT2D eigenvalue weighted by molar-refractivity contribution is 6.31. The number of aryl methyl sites for hydroxylation is 1. The van der Waals surface area contributed by atoms with Gasteiger partial charge in [0, 0.05) is 11.4 Å². The Bertz CT molecular complexity index is 560. The molecule has 1 atom stereocenters. The second-order valence-corrected chi connectivity index (χ2v) is 5.10. The number of nitrogens with two attached hydrogens (primary N) is 1. The van der Waals surface area contributed by atoms with Crippen LogP contribution in [0.15, 0.2) is 48.5 Å². The minimum Gasteiger partial charge on any atom is -0.494 e. The molecule has 3 nitrogen and oxygen atoms in total. The molecule has 0 radical (unpaired) electrons. The van der Waals surface area contributed by atoms with Crippen molar-refractivity contribution in [1.82, 2.24) is 5.43 Å². The third-order valence-corrected chi connectivity index (χ3v) is 3.49. The van der Waals surface area contributed by atoms with Crippen molar-refractivity contribution in [2.45, 2.75) is 19.4 Å². The average Bonchev–Trinajstić information content (AvgIpc) is 2.45. The van der Waals surface area contributed by atoms with Gasteiger partial charge in [0.05, 0.1) is 12.6 Å². The lowest BCUT2D eigenvalue weighted by atomic mass is 10.0. The van der Waals surface area contributed by atoms with Gasteiger partial charge in [-0.2, -0.15) is 0 Å². The number of benzene rings is 2. The maximum atomic E-state index is 6.18. The topological polar surface area (TPSA) is 47.3 Å². The minimum absolute atomic E-state index is 0.0199. The predicted molar refractivity (Wildman–Crippen MR) is 82.8 cm³/mol. The highest BCUT2D eigenvalue weighted by Gasteiger charge is 2.12. The Morgan fingerprint density at radius 3 is 2.70 bits per heavy atom. The molecule has 0 amide bonds. The summed E-state index contributed by atoms with van der Waals surface area (Å²) in [7, 11) is 0. The first-order valence-electron chi connectivity index (χ1n) is 6.60. The van der Waals surface area contributed by atoms with Crippen LogP contribution in [0.3, 0.4) is 0 Å². The second-order valence-electron chi connectivity index (χ2n) is 4.69. The van der Waals surface area contributed by atoms with E-state index < -0.39 is 0 Å². The van der Waals surface area contributed by atoms with Crippen molar-refractivity contribution in [3.8, 4) is 5.75 Å². The van der Waals surface area contributed by atoms with E-state index in [1.165, 1.54) is 5.56 Å². The van der Waals surface area contributed by atoms with Crippen molar-refractivity contribution in [3.63, 3.8) is 0 Å². The van der Waals surface area contributed by atoms with E-state index in [-0.39, 0.29) is 6.04 Å². The summed E-state index contributed by atoms with van der Waals surface area (Å²) in [6.45, 7) is 2.62. The molecule has 3 N–H and O–H groups in total. The van der Waals surface area contributed by atoms with E-state index in [9.17, 15) is 0 Å². The van der Waals surface area contributed by atoms with Crippen molar-refractivity contribution >= 4 is 11.6 Å². The molecule has 0 fully saturated rings. The van der Waals surface area contributed by atoms with E-state index in [4.69, 9.17) is 22.2 Å². The van der Waals surface area contributed by atoms with Crippen LogP contribution in [-0.4, -0.2) is 6.61 Å². The Morgan fingerprint density at radius 2 is 2.00 bits per heavy atom. The maximum absolute atomic E-state index is 6.18. The Kier molecular flexibility index (Phi) is 5.41. The molecule has 0 spiro atoms. The molecule has 0 saturated heterocycles. The van der Waals surface area contributed by atoms with Crippen molar-refractivity contribution in [2.24, 2.45) is 5.84 Å². The van der Waals surface area contributed by atoms with Crippen molar-refractivity contribution in [2.75, 3.05) is 6.61 Å². The lowest BCUT2D eigenvalue weighted by Crippen LogP contribution is -2.29. The fourth-order valence-corrected chi connectivity index (χ4v) is 2.35. The van der Waals surface area contributed by atoms with Crippen molar-refractivity contribution < 1.29 is 4.74 Å². The maximum Gasteiger partial charge on any atom is 0.119 e. The molecule has 2 aromatic rings. The van der Waals surface area contributed by atoms with Gasteiger partial charge in [-0.05, 0) is 36.2 Å². The number of hydrogen-bond donors (Lipinski definition) is 2. The summed E-state index contributed by atoms with van der Waals surface area (Å²) < 4.78 is 5.74. The highest BCUT2D eigenvalue weighted by Crippen LogP contribution is 2.24. The molecule has 106 valence electrons. The molecule has 0 aromatic heterocycles. The van der Waals surface area contributed by atoms with Crippen LogP contribution >= 0.6 is 11.6 Å². The summed E-state index contributed by atoms with van der Waals surface area (Å²) >= 11 is 6.18. The lowest BCUT2D eigenvalue weighted by molar-refractivity contribution is 0.287. The quantitative estimate of drug-likeness (QED) is 0.631. The third-order valence-electron chi connectivity index (χ3n) is 3.15. The van der Waals surface area contributed by atoms with Crippen LogP contribution in [0.25, 0.3) is 0 Å². The number of hydrogen-bond acceptors (Lipinski definition) is 3. The first-order valence-corrected chi connectivity index (χ1v) is 6.98. The molecule has 0 heterocycles. The molecule has 0 aliphatic heterocycles. The standard InChI is InChI=1S/C16H19ClN2O/c1-12-5-4-6-13(11-12)20-10-9-16(19-18)14-7-2-3-8-15(14)17/h2-8,11,16,19H,9-10,18H2,1H3. The first-order chi connectivity index (χ1) is 9.70. The number of halogens is 1. The largest absolute Gasteiger partial charge is 0.494 e. The summed E-state index contributed by atoms with van der Waals surface area (Å²) in [5.74, 6) is 6.49. The molecule has 1 unspecified atom stereocenters. The van der Waals surface area contributed by atoms with Gasteiger partial charge in [0.2, 0.25) is 0 Å². The van der Waals surface area contributed by atoms with Crippen molar-refractivity contribution in [1.29, 1.82) is 0 Å². The molecule has 4 heteroatoms. The van der Waals surface area contributed by atoms with Gasteiger partial charge in [0.15, 0.2) is 0 Å². The Hall–Kier alpha value is -1.55. The van der Waals surface area contributed by atoms with Crippen LogP contribution < -0.4 is 16.0 Å². The van der Waals surface area contributed by atoms with E-state index in [1.54, 1.807) is 0 Å². The van der Waals surface area contributed by atoms with E-state index in [0.29, 0.717) is 11.6 Å². The summed E-state index contributed by atoms with van der Waals surface area (Å²) in [6.07, 6.45) is 0.744. The molecule has 2 aromatic carbocycles. The van der Waals surface area contributed by atoms with Crippen molar-refractivity contribution in [3.05, 3.63) is 64.7 Å². The Morgan fingerprint density at radius 1 is 1.20 bits per heavy atom. The van der Waals surface area contributed by atoms with Gasteiger partial charge in [0.1, 0.15) is 5.75 Å². The van der Waals surface area contributed by atoms with Gasteiger partial charge in [-0.3, -0.25) is 11.3 Å². The molecule has 0 bridgehead atoms. The number of ether oxygens (including phenoxy) is 1. The van der Waals surface area contributed by atoms with Crippen LogP contribution in [0.2, 0.25) is 5.02 Å². The highest BCUT2D eigenvalue weighted by atomic mass is 35.5. The van der Waals surface area contributed by atoms with Crippen LogP contribution in [0.4, 0.5) is 0 Å². The zero-order valence-electron chi connectivity index (χ0n) is 11.5. The van der Waals surface area contributed by atoms with E-state index >= 15 is 0 Å². The number of nitrogens with one attached hydrogen (secondary N) is 1. The fourth-order valence-electron chi connectivity index (χ4n) is 2.09. The molecular formula is C16H19ClN2O. The zero-order chi connectivity index (χ0) is 14.4. The number of rotatable bonds is 6. The Balaban J connectivity index is 1.93. The summed E-state index contributed by atoms with van der Waals surface area (Å²) in [5, 5.41) is 0.714. The first kappa shape index (κ1) is 14.9. The summed E-state index contributed by atoms with van der Waals surface area (Å²) in [4.78, 5) is 0. The van der Waals surface area contributed by atoms with Crippen LogP contribution in [0, 0.1) is 6.92 Å². The minimum atomic E-state index is -0.0199. The second kappa shape index (κ2) is 7.29. The smallest absolute Gasteiger partial charge is 0.119 e. The van der Waals surface area contributed by atoms with Crippen LogP contribution in [0.1, 0.15) is 23.6 Å². The lowest BCUT2D eigenvalue weighted by Gasteiger charge is -2.18. The normalized spacial score (nSPS) is 12.2. The third kappa shape index (κ3) is 3.97. The van der Waals surface area contributed by atoms with Gasteiger partial charge in [-0.1, -0.05) is 41.9 Å².